The van der Waals surface area contributed by atoms with Gasteiger partial charge >= 0.3 is 0 Å². The second kappa shape index (κ2) is 11.6. The highest BCUT2D eigenvalue weighted by atomic mass is 16.5. The molecular weight excluding hydrogens is 418 g/mol. The predicted molar refractivity (Wildman–Crippen MR) is 146 cm³/mol. The fourth-order valence-corrected chi connectivity index (χ4v) is 6.83. The first-order chi connectivity index (χ1) is 16.5. The first-order valence-corrected chi connectivity index (χ1v) is 14.5. The third kappa shape index (κ3) is 5.93. The summed E-state index contributed by atoms with van der Waals surface area (Å²) in [6.07, 6.45) is 11.4. The van der Waals surface area contributed by atoms with E-state index in [0.717, 1.165) is 13.1 Å². The predicted octanol–water partition coefficient (Wildman–Crippen LogP) is 6.69. The molecule has 3 aliphatic rings. The Kier molecular flexibility index (Phi) is 8.85. The van der Waals surface area contributed by atoms with Gasteiger partial charge in [-0.2, -0.15) is 0 Å². The number of anilines is 2. The van der Waals surface area contributed by atoms with Crippen LogP contribution in [-0.2, 0) is 4.74 Å². The minimum Gasteiger partial charge on any atom is -0.372 e. The van der Waals surface area contributed by atoms with E-state index >= 15 is 0 Å². The summed E-state index contributed by atoms with van der Waals surface area (Å²) >= 11 is 0. The molecule has 3 fully saturated rings. The monoisotopic (exact) mass is 469 g/mol. The summed E-state index contributed by atoms with van der Waals surface area (Å²) in [5.41, 5.74) is 5.16. The van der Waals surface area contributed by atoms with Crippen molar-refractivity contribution >= 4 is 11.4 Å². The maximum Gasteiger partial charge on any atom is 0.0726 e. The van der Waals surface area contributed by atoms with Gasteiger partial charge in [0, 0.05) is 50.6 Å². The minimum absolute atomic E-state index is 0.299. The average molecular weight is 470 g/mol. The van der Waals surface area contributed by atoms with Crippen molar-refractivity contribution in [2.75, 3.05) is 55.6 Å². The van der Waals surface area contributed by atoms with E-state index in [1.54, 1.807) is 5.56 Å². The molecule has 2 aliphatic heterocycles. The van der Waals surface area contributed by atoms with Crippen molar-refractivity contribution in [1.29, 1.82) is 0 Å². The van der Waals surface area contributed by atoms with Gasteiger partial charge in [-0.3, -0.25) is 4.90 Å². The third-order valence-corrected chi connectivity index (χ3v) is 9.32. The average Bonchev–Trinajstić information content (AvgIpc) is 2.87. The van der Waals surface area contributed by atoms with Crippen molar-refractivity contribution in [3.8, 4) is 0 Å². The third-order valence-electron chi connectivity index (χ3n) is 9.32. The highest BCUT2D eigenvalue weighted by Gasteiger charge is 2.34. The fourth-order valence-electron chi connectivity index (χ4n) is 6.83. The molecule has 1 aromatic rings. The van der Waals surface area contributed by atoms with Gasteiger partial charge in [-0.05, 0) is 87.6 Å². The van der Waals surface area contributed by atoms with E-state index in [1.165, 1.54) is 95.5 Å². The van der Waals surface area contributed by atoms with Crippen molar-refractivity contribution in [2.45, 2.75) is 104 Å². The van der Waals surface area contributed by atoms with Crippen molar-refractivity contribution in [3.05, 3.63) is 23.8 Å². The van der Waals surface area contributed by atoms with Crippen LogP contribution in [0.2, 0.25) is 0 Å². The lowest BCUT2D eigenvalue weighted by Crippen LogP contribution is -2.47. The number of hydrogen-bond acceptors (Lipinski definition) is 4. The maximum absolute atomic E-state index is 6.03. The molecule has 0 spiro atoms. The molecule has 34 heavy (non-hydrogen) atoms. The summed E-state index contributed by atoms with van der Waals surface area (Å²) < 4.78 is 6.03. The van der Waals surface area contributed by atoms with Gasteiger partial charge < -0.3 is 14.5 Å². The molecule has 0 bridgehead atoms. The lowest BCUT2D eigenvalue weighted by atomic mass is 9.66. The summed E-state index contributed by atoms with van der Waals surface area (Å²) in [6, 6.07) is 7.45. The second-order valence-corrected chi connectivity index (χ2v) is 11.6. The summed E-state index contributed by atoms with van der Waals surface area (Å²) in [5, 5.41) is 0. The Morgan fingerprint density at radius 3 is 2.12 bits per heavy atom. The molecule has 1 saturated carbocycles. The van der Waals surface area contributed by atoms with Crippen molar-refractivity contribution in [1.82, 2.24) is 4.90 Å². The minimum atomic E-state index is 0.299. The van der Waals surface area contributed by atoms with Crippen LogP contribution < -0.4 is 9.80 Å². The largest absolute Gasteiger partial charge is 0.372 e. The zero-order valence-electron chi connectivity index (χ0n) is 22.8. The number of nitrogens with zero attached hydrogens (tertiary/aromatic N) is 3. The number of rotatable bonds is 8. The van der Waals surface area contributed by atoms with Gasteiger partial charge in [0.15, 0.2) is 0 Å². The lowest BCUT2D eigenvalue weighted by Gasteiger charge is -2.42. The molecular formula is C30H51N3O. The van der Waals surface area contributed by atoms with E-state index in [9.17, 15) is 0 Å². The van der Waals surface area contributed by atoms with Crippen LogP contribution in [0.15, 0.2) is 18.2 Å². The Hall–Kier alpha value is -1.26. The number of ether oxygens (including phenoxy) is 1. The molecule has 1 aliphatic carbocycles. The molecule has 0 N–H and O–H groups in total. The SMILES string of the molecule is CCCCN1CCN(c2ccc(N3CC(C)OC(C)C3)cc2C2CCC(CC)(CC)CC2)CC1. The summed E-state index contributed by atoms with van der Waals surface area (Å²) in [6.45, 7) is 19.6. The van der Waals surface area contributed by atoms with E-state index in [2.05, 4.69) is 67.5 Å². The maximum atomic E-state index is 6.03. The second-order valence-electron chi connectivity index (χ2n) is 11.6. The normalized spacial score (nSPS) is 26.7. The Labute approximate surface area is 210 Å². The highest BCUT2D eigenvalue weighted by Crippen LogP contribution is 2.49. The number of unbranched alkanes of at least 4 members (excludes halogenated alkanes) is 1. The van der Waals surface area contributed by atoms with E-state index in [0.29, 0.717) is 23.5 Å². The van der Waals surface area contributed by atoms with Gasteiger partial charge in [0.05, 0.1) is 12.2 Å². The van der Waals surface area contributed by atoms with Gasteiger partial charge in [0.2, 0.25) is 0 Å². The Morgan fingerprint density at radius 2 is 1.53 bits per heavy atom. The smallest absolute Gasteiger partial charge is 0.0726 e. The summed E-state index contributed by atoms with van der Waals surface area (Å²) in [4.78, 5) is 7.94. The van der Waals surface area contributed by atoms with Crippen LogP contribution in [0.25, 0.3) is 0 Å². The first-order valence-electron chi connectivity index (χ1n) is 14.5. The van der Waals surface area contributed by atoms with Crippen molar-refractivity contribution in [3.63, 3.8) is 0 Å². The van der Waals surface area contributed by atoms with E-state index in [-0.39, 0.29) is 0 Å². The molecule has 4 rings (SSSR count). The molecule has 4 heteroatoms. The molecule has 2 heterocycles. The summed E-state index contributed by atoms with van der Waals surface area (Å²) in [5.74, 6) is 0.704. The summed E-state index contributed by atoms with van der Waals surface area (Å²) in [7, 11) is 0. The van der Waals surface area contributed by atoms with Crippen LogP contribution in [0.3, 0.4) is 0 Å². The van der Waals surface area contributed by atoms with Crippen LogP contribution in [-0.4, -0.2) is 62.9 Å². The van der Waals surface area contributed by atoms with Gasteiger partial charge in [0.25, 0.3) is 0 Å². The molecule has 0 radical (unpaired) electrons. The molecule has 4 nitrogen and oxygen atoms in total. The zero-order chi connectivity index (χ0) is 24.1. The quantitative estimate of drug-likeness (QED) is 0.422. The molecule has 0 aromatic heterocycles. The van der Waals surface area contributed by atoms with Crippen LogP contribution >= 0.6 is 0 Å². The van der Waals surface area contributed by atoms with E-state index in [4.69, 9.17) is 4.74 Å². The molecule has 192 valence electrons. The van der Waals surface area contributed by atoms with Crippen LogP contribution in [0.1, 0.15) is 97.5 Å². The van der Waals surface area contributed by atoms with Crippen LogP contribution in [0, 0.1) is 5.41 Å². The topological polar surface area (TPSA) is 19.0 Å². The molecule has 2 atom stereocenters. The van der Waals surface area contributed by atoms with Crippen LogP contribution in [0.4, 0.5) is 11.4 Å². The Bertz CT molecular complexity index is 748. The van der Waals surface area contributed by atoms with Crippen molar-refractivity contribution < 1.29 is 4.74 Å². The Morgan fingerprint density at radius 1 is 0.882 bits per heavy atom. The van der Waals surface area contributed by atoms with Gasteiger partial charge in [0.1, 0.15) is 0 Å². The number of benzene rings is 1. The molecule has 2 unspecified atom stereocenters. The molecule has 0 amide bonds. The van der Waals surface area contributed by atoms with Crippen LogP contribution in [0.5, 0.6) is 0 Å². The number of hydrogen-bond donors (Lipinski definition) is 0. The van der Waals surface area contributed by atoms with E-state index in [1.807, 2.05) is 0 Å². The van der Waals surface area contributed by atoms with Gasteiger partial charge in [-0.1, -0.05) is 40.0 Å². The zero-order valence-corrected chi connectivity index (χ0v) is 22.8. The van der Waals surface area contributed by atoms with E-state index < -0.39 is 0 Å². The Balaban J connectivity index is 1.56. The lowest BCUT2D eigenvalue weighted by molar-refractivity contribution is -0.00522. The first kappa shape index (κ1) is 25.8. The number of piperazine rings is 1. The fraction of sp³-hybridized carbons (Fsp3) is 0.800. The van der Waals surface area contributed by atoms with Gasteiger partial charge in [-0.25, -0.2) is 0 Å². The molecule has 2 saturated heterocycles. The van der Waals surface area contributed by atoms with Crippen molar-refractivity contribution in [2.24, 2.45) is 5.41 Å². The van der Waals surface area contributed by atoms with Gasteiger partial charge in [-0.15, -0.1) is 0 Å². The number of morpholine rings is 1. The standard InChI is InChI=1S/C30H51N3O/c1-6-9-16-31-17-19-32(20-18-31)29-11-10-27(33-22-24(4)34-25(5)23-33)21-28(29)26-12-14-30(7-2,8-3)15-13-26/h10-11,21,24-26H,6-9,12-20,22-23H2,1-5H3. The highest BCUT2D eigenvalue weighted by molar-refractivity contribution is 5.64. The molecule has 1 aromatic carbocycles.